The molecule has 1 aromatic carbocycles. The number of ether oxygens (including phenoxy) is 2. The minimum Gasteiger partial charge on any atom is -0.383 e. The summed E-state index contributed by atoms with van der Waals surface area (Å²) in [6.07, 6.45) is 1.13. The number of hydrogen-bond donors (Lipinski definition) is 1. The summed E-state index contributed by atoms with van der Waals surface area (Å²) in [5.41, 5.74) is 1.04. The molecule has 1 N–H and O–H groups in total. The van der Waals surface area contributed by atoms with Crippen LogP contribution in [0.5, 0.6) is 0 Å². The molecule has 3 rings (SSSR count). The fraction of sp³-hybridized carbons (Fsp3) is 0.368. The van der Waals surface area contributed by atoms with E-state index >= 15 is 0 Å². The van der Waals surface area contributed by atoms with Crippen LogP contribution in [0, 0.1) is 11.6 Å². The van der Waals surface area contributed by atoms with Gasteiger partial charge >= 0.3 is 0 Å². The molecule has 1 fully saturated rings. The number of rotatable bonds is 6. The minimum absolute atomic E-state index is 0.215. The normalized spacial score (nSPS) is 17.0. The van der Waals surface area contributed by atoms with E-state index < -0.39 is 11.6 Å². The third kappa shape index (κ3) is 4.78. The number of anilines is 1. The Morgan fingerprint density at radius 2 is 2.19 bits per heavy atom. The third-order valence-corrected chi connectivity index (χ3v) is 4.31. The number of hydrogen-bond acceptors (Lipinski definition) is 5. The molecule has 0 aliphatic carbocycles. The van der Waals surface area contributed by atoms with Gasteiger partial charge in [0.1, 0.15) is 11.9 Å². The van der Waals surface area contributed by atoms with E-state index in [1.807, 2.05) is 4.90 Å². The lowest BCUT2D eigenvalue weighted by molar-refractivity contribution is 0.0392. The fourth-order valence-corrected chi connectivity index (χ4v) is 2.85. The third-order valence-electron chi connectivity index (χ3n) is 4.31. The lowest BCUT2D eigenvalue weighted by atomic mass is 10.1. The maximum absolute atomic E-state index is 13.5. The number of nitrogens with zero attached hydrogens (tertiary/aromatic N) is 2. The van der Waals surface area contributed by atoms with Crippen LogP contribution < -0.4 is 10.2 Å². The van der Waals surface area contributed by atoms with Crippen LogP contribution in [-0.2, 0) is 9.47 Å². The number of aromatic nitrogens is 1. The van der Waals surface area contributed by atoms with Gasteiger partial charge in [-0.15, -0.1) is 0 Å². The first-order valence-corrected chi connectivity index (χ1v) is 8.63. The van der Waals surface area contributed by atoms with Crippen LogP contribution in [0.15, 0.2) is 36.5 Å². The molecular formula is C19H21F2N3O3. The Hall–Kier alpha value is -2.58. The van der Waals surface area contributed by atoms with Crippen LogP contribution in [0.3, 0.4) is 0 Å². The number of carbonyl (C=O) groups excluding carboxylic acids is 1. The lowest BCUT2D eigenvalue weighted by Crippen LogP contribution is -2.39. The average molecular weight is 377 g/mol. The van der Waals surface area contributed by atoms with Gasteiger partial charge in [-0.1, -0.05) is 6.07 Å². The van der Waals surface area contributed by atoms with Crippen molar-refractivity contribution >= 4 is 11.7 Å². The van der Waals surface area contributed by atoms with Crippen molar-refractivity contribution < 1.29 is 23.0 Å². The van der Waals surface area contributed by atoms with Gasteiger partial charge in [0, 0.05) is 32.9 Å². The van der Waals surface area contributed by atoms with Gasteiger partial charge in [-0.3, -0.25) is 4.79 Å². The van der Waals surface area contributed by atoms with E-state index in [1.165, 1.54) is 12.3 Å². The molecule has 1 atom stereocenters. The van der Waals surface area contributed by atoms with E-state index in [1.54, 1.807) is 19.2 Å². The Balaban J connectivity index is 1.65. The Bertz CT molecular complexity index is 786. The van der Waals surface area contributed by atoms with Crippen LogP contribution in [0.1, 0.15) is 22.0 Å². The van der Waals surface area contributed by atoms with Gasteiger partial charge in [-0.2, -0.15) is 0 Å². The fourth-order valence-electron chi connectivity index (χ4n) is 2.85. The first-order valence-electron chi connectivity index (χ1n) is 8.63. The van der Waals surface area contributed by atoms with Crippen molar-refractivity contribution in [2.24, 2.45) is 0 Å². The van der Waals surface area contributed by atoms with Crippen LogP contribution in [0.2, 0.25) is 0 Å². The van der Waals surface area contributed by atoms with Crippen molar-refractivity contribution in [1.29, 1.82) is 0 Å². The molecule has 1 aliphatic rings. The second-order valence-electron chi connectivity index (χ2n) is 6.13. The predicted octanol–water partition coefficient (Wildman–Crippen LogP) is 2.31. The molecule has 1 aliphatic heterocycles. The Morgan fingerprint density at radius 3 is 2.89 bits per heavy atom. The summed E-state index contributed by atoms with van der Waals surface area (Å²) in [5.74, 6) is -1.30. The molecule has 1 amide bonds. The van der Waals surface area contributed by atoms with Crippen LogP contribution >= 0.6 is 0 Å². The van der Waals surface area contributed by atoms with E-state index in [-0.39, 0.29) is 12.0 Å². The van der Waals surface area contributed by atoms with E-state index in [0.717, 1.165) is 12.1 Å². The van der Waals surface area contributed by atoms with E-state index in [4.69, 9.17) is 9.47 Å². The highest BCUT2D eigenvalue weighted by Gasteiger charge is 2.24. The molecule has 2 heterocycles. The summed E-state index contributed by atoms with van der Waals surface area (Å²) in [6, 6.07) is 7.24. The summed E-state index contributed by atoms with van der Waals surface area (Å²) in [6.45, 7) is 2.38. The summed E-state index contributed by atoms with van der Waals surface area (Å²) < 4.78 is 37.2. The highest BCUT2D eigenvalue weighted by molar-refractivity contribution is 5.94. The highest BCUT2D eigenvalue weighted by atomic mass is 19.2. The first-order chi connectivity index (χ1) is 13.1. The second-order valence-corrected chi connectivity index (χ2v) is 6.13. The van der Waals surface area contributed by atoms with Gasteiger partial charge in [0.2, 0.25) is 0 Å². The van der Waals surface area contributed by atoms with Crippen molar-refractivity contribution in [2.45, 2.75) is 6.10 Å². The van der Waals surface area contributed by atoms with E-state index in [2.05, 4.69) is 10.3 Å². The Labute approximate surface area is 156 Å². The molecule has 0 saturated carbocycles. The molecule has 2 aromatic rings. The number of morpholine rings is 1. The maximum atomic E-state index is 13.5. The standard InChI is InChI=1S/C19H21F2N3O3/c1-26-8-6-22-19(25)14-3-5-18(23-11-14)24-7-9-27-17(12-24)13-2-4-15(20)16(21)10-13/h2-5,10-11,17H,6-9,12H2,1H3,(H,22,25). The number of methoxy groups -OCH3 is 1. The number of halogens is 2. The SMILES string of the molecule is COCCNC(=O)c1ccc(N2CCOC(c3ccc(F)c(F)c3)C2)nc1. The summed E-state index contributed by atoms with van der Waals surface area (Å²) >= 11 is 0. The summed E-state index contributed by atoms with van der Waals surface area (Å²) in [5, 5.41) is 2.73. The van der Waals surface area contributed by atoms with Crippen molar-refractivity contribution in [3.05, 3.63) is 59.3 Å². The smallest absolute Gasteiger partial charge is 0.252 e. The molecule has 27 heavy (non-hydrogen) atoms. The molecular weight excluding hydrogens is 356 g/mol. The highest BCUT2D eigenvalue weighted by Crippen LogP contribution is 2.26. The minimum atomic E-state index is -0.893. The monoisotopic (exact) mass is 377 g/mol. The van der Waals surface area contributed by atoms with Crippen LogP contribution in [0.4, 0.5) is 14.6 Å². The molecule has 1 unspecified atom stereocenters. The largest absolute Gasteiger partial charge is 0.383 e. The zero-order chi connectivity index (χ0) is 19.2. The average Bonchev–Trinajstić information content (AvgIpc) is 2.70. The van der Waals surface area contributed by atoms with Crippen LogP contribution in [0.25, 0.3) is 0 Å². The van der Waals surface area contributed by atoms with Crippen LogP contribution in [-0.4, -0.2) is 50.8 Å². The van der Waals surface area contributed by atoms with Gasteiger partial charge in [-0.05, 0) is 29.8 Å². The Morgan fingerprint density at radius 1 is 1.33 bits per heavy atom. The van der Waals surface area contributed by atoms with Crippen molar-refractivity contribution in [3.63, 3.8) is 0 Å². The zero-order valence-electron chi connectivity index (χ0n) is 15.0. The molecule has 8 heteroatoms. The lowest BCUT2D eigenvalue weighted by Gasteiger charge is -2.34. The van der Waals surface area contributed by atoms with Gasteiger partial charge in [0.15, 0.2) is 11.6 Å². The molecule has 1 saturated heterocycles. The number of benzene rings is 1. The first kappa shape index (κ1) is 19.2. The van der Waals surface area contributed by atoms with Crippen molar-refractivity contribution in [2.75, 3.05) is 44.9 Å². The number of pyridine rings is 1. The van der Waals surface area contributed by atoms with E-state index in [9.17, 15) is 13.6 Å². The summed E-state index contributed by atoms with van der Waals surface area (Å²) in [4.78, 5) is 18.3. The second kappa shape index (κ2) is 8.88. The van der Waals surface area contributed by atoms with Gasteiger partial charge in [0.25, 0.3) is 5.91 Å². The van der Waals surface area contributed by atoms with E-state index in [0.29, 0.717) is 49.8 Å². The molecule has 0 bridgehead atoms. The molecule has 0 spiro atoms. The van der Waals surface area contributed by atoms with Gasteiger partial charge in [0.05, 0.1) is 18.8 Å². The molecule has 1 aromatic heterocycles. The molecule has 144 valence electrons. The van der Waals surface area contributed by atoms with Gasteiger partial charge in [-0.25, -0.2) is 13.8 Å². The maximum Gasteiger partial charge on any atom is 0.252 e. The van der Waals surface area contributed by atoms with Crippen molar-refractivity contribution in [3.8, 4) is 0 Å². The van der Waals surface area contributed by atoms with Gasteiger partial charge < -0.3 is 19.7 Å². The van der Waals surface area contributed by atoms with Crippen molar-refractivity contribution in [1.82, 2.24) is 10.3 Å². The molecule has 6 nitrogen and oxygen atoms in total. The number of nitrogens with one attached hydrogen (secondary N) is 1. The Kier molecular flexibility index (Phi) is 6.31. The summed E-state index contributed by atoms with van der Waals surface area (Å²) in [7, 11) is 1.57. The number of carbonyl (C=O) groups is 1. The zero-order valence-corrected chi connectivity index (χ0v) is 15.0. The quantitative estimate of drug-likeness (QED) is 0.783. The predicted molar refractivity (Wildman–Crippen MR) is 95.7 cm³/mol. The molecule has 0 radical (unpaired) electrons. The number of amides is 1. The topological polar surface area (TPSA) is 63.7 Å².